The number of aliphatic hydroxyl groups is 1. The Morgan fingerprint density at radius 1 is 1.38 bits per heavy atom. The van der Waals surface area contributed by atoms with Crippen LogP contribution in [0.3, 0.4) is 0 Å². The van der Waals surface area contributed by atoms with Gasteiger partial charge < -0.3 is 9.84 Å². The molecule has 2 atom stereocenters. The lowest BCUT2D eigenvalue weighted by Crippen LogP contribution is -2.27. The van der Waals surface area contributed by atoms with Crippen LogP contribution in [0.5, 0.6) is 0 Å². The van der Waals surface area contributed by atoms with Crippen LogP contribution in [0.4, 0.5) is 13.2 Å². The standard InChI is InChI=1S/C8H15F3O2/c1-3-13-6(2)7(12)4-5-8(9,10)11/h6-7,12H,3-5H2,1-2H3. The highest BCUT2D eigenvalue weighted by molar-refractivity contribution is 4.66. The molecule has 0 saturated heterocycles. The van der Waals surface area contributed by atoms with E-state index in [4.69, 9.17) is 4.74 Å². The minimum Gasteiger partial charge on any atom is -0.390 e. The molecule has 80 valence electrons. The van der Waals surface area contributed by atoms with Gasteiger partial charge in [0, 0.05) is 13.0 Å². The quantitative estimate of drug-likeness (QED) is 0.736. The first-order chi connectivity index (χ1) is 5.87. The lowest BCUT2D eigenvalue weighted by atomic mass is 10.1. The predicted molar refractivity (Wildman–Crippen MR) is 42.4 cm³/mol. The van der Waals surface area contributed by atoms with Crippen LogP contribution in [-0.4, -0.2) is 30.1 Å². The average Bonchev–Trinajstić information content (AvgIpc) is 1.99. The minimum absolute atomic E-state index is 0.301. The van der Waals surface area contributed by atoms with Crippen molar-refractivity contribution in [2.75, 3.05) is 6.61 Å². The lowest BCUT2D eigenvalue weighted by molar-refractivity contribution is -0.144. The number of aliphatic hydroxyl groups excluding tert-OH is 1. The molecule has 0 aliphatic heterocycles. The van der Waals surface area contributed by atoms with Gasteiger partial charge in [0.2, 0.25) is 0 Å². The van der Waals surface area contributed by atoms with E-state index in [0.717, 1.165) is 0 Å². The summed E-state index contributed by atoms with van der Waals surface area (Å²) < 4.78 is 40.1. The third-order valence-corrected chi connectivity index (χ3v) is 1.69. The number of alkyl halides is 3. The molecular formula is C8H15F3O2. The largest absolute Gasteiger partial charge is 0.390 e. The molecule has 13 heavy (non-hydrogen) atoms. The first kappa shape index (κ1) is 12.7. The molecular weight excluding hydrogens is 185 g/mol. The summed E-state index contributed by atoms with van der Waals surface area (Å²) in [5.74, 6) is 0. The van der Waals surface area contributed by atoms with Crippen LogP contribution in [0.25, 0.3) is 0 Å². The van der Waals surface area contributed by atoms with E-state index in [9.17, 15) is 18.3 Å². The fourth-order valence-corrected chi connectivity index (χ4v) is 0.920. The van der Waals surface area contributed by atoms with Crippen LogP contribution in [0.1, 0.15) is 26.7 Å². The van der Waals surface area contributed by atoms with Crippen molar-refractivity contribution in [3.63, 3.8) is 0 Å². The topological polar surface area (TPSA) is 29.5 Å². The Hall–Kier alpha value is -0.290. The maximum absolute atomic E-state index is 11.7. The van der Waals surface area contributed by atoms with Crippen molar-refractivity contribution < 1.29 is 23.0 Å². The summed E-state index contributed by atoms with van der Waals surface area (Å²) in [6, 6.07) is 0. The van der Waals surface area contributed by atoms with Gasteiger partial charge in [0.05, 0.1) is 12.2 Å². The maximum Gasteiger partial charge on any atom is 0.389 e. The average molecular weight is 200 g/mol. The molecule has 0 aliphatic rings. The number of rotatable bonds is 5. The molecule has 0 aromatic heterocycles. The Morgan fingerprint density at radius 2 is 1.92 bits per heavy atom. The van der Waals surface area contributed by atoms with Crippen molar-refractivity contribution >= 4 is 0 Å². The molecule has 0 rings (SSSR count). The van der Waals surface area contributed by atoms with E-state index >= 15 is 0 Å². The molecule has 2 nitrogen and oxygen atoms in total. The summed E-state index contributed by atoms with van der Waals surface area (Å²) in [6.07, 6.45) is -7.04. The van der Waals surface area contributed by atoms with Gasteiger partial charge in [-0.15, -0.1) is 0 Å². The Balaban J connectivity index is 3.67. The molecule has 0 radical (unpaired) electrons. The van der Waals surface area contributed by atoms with E-state index < -0.39 is 24.8 Å². The van der Waals surface area contributed by atoms with Gasteiger partial charge in [0.25, 0.3) is 0 Å². The van der Waals surface area contributed by atoms with Crippen molar-refractivity contribution in [2.24, 2.45) is 0 Å². The third kappa shape index (κ3) is 6.83. The molecule has 0 heterocycles. The van der Waals surface area contributed by atoms with Gasteiger partial charge in [-0.25, -0.2) is 0 Å². The normalized spacial score (nSPS) is 17.1. The van der Waals surface area contributed by atoms with Crippen LogP contribution in [0, 0.1) is 0 Å². The van der Waals surface area contributed by atoms with Gasteiger partial charge in [-0.2, -0.15) is 13.2 Å². The number of hydrogen-bond donors (Lipinski definition) is 1. The fraction of sp³-hybridized carbons (Fsp3) is 1.00. The van der Waals surface area contributed by atoms with Crippen molar-refractivity contribution in [1.29, 1.82) is 0 Å². The predicted octanol–water partition coefficient (Wildman–Crippen LogP) is 2.11. The molecule has 0 saturated carbocycles. The molecule has 0 fully saturated rings. The first-order valence-corrected chi connectivity index (χ1v) is 4.23. The third-order valence-electron chi connectivity index (χ3n) is 1.69. The van der Waals surface area contributed by atoms with E-state index in [0.29, 0.717) is 6.61 Å². The Morgan fingerprint density at radius 3 is 2.31 bits per heavy atom. The summed E-state index contributed by atoms with van der Waals surface area (Å²) >= 11 is 0. The van der Waals surface area contributed by atoms with E-state index in [1.807, 2.05) is 0 Å². The fourth-order valence-electron chi connectivity index (χ4n) is 0.920. The van der Waals surface area contributed by atoms with Crippen LogP contribution in [0.2, 0.25) is 0 Å². The second-order valence-corrected chi connectivity index (χ2v) is 2.88. The van der Waals surface area contributed by atoms with Crippen molar-refractivity contribution in [2.45, 2.75) is 45.1 Å². The summed E-state index contributed by atoms with van der Waals surface area (Å²) in [5.41, 5.74) is 0. The number of hydrogen-bond acceptors (Lipinski definition) is 2. The summed E-state index contributed by atoms with van der Waals surface area (Å²) in [5, 5.41) is 9.19. The van der Waals surface area contributed by atoms with E-state index in [1.165, 1.54) is 0 Å². The Labute approximate surface area is 75.7 Å². The molecule has 2 unspecified atom stereocenters. The highest BCUT2D eigenvalue weighted by Gasteiger charge is 2.29. The molecule has 0 aromatic rings. The Bertz CT molecular complexity index is 136. The van der Waals surface area contributed by atoms with Gasteiger partial charge in [-0.1, -0.05) is 0 Å². The zero-order valence-corrected chi connectivity index (χ0v) is 7.77. The van der Waals surface area contributed by atoms with Gasteiger partial charge in [0.15, 0.2) is 0 Å². The van der Waals surface area contributed by atoms with Crippen molar-refractivity contribution in [3.05, 3.63) is 0 Å². The summed E-state index contributed by atoms with van der Waals surface area (Å²) in [4.78, 5) is 0. The lowest BCUT2D eigenvalue weighted by Gasteiger charge is -2.19. The van der Waals surface area contributed by atoms with Crippen LogP contribution in [-0.2, 0) is 4.74 Å². The van der Waals surface area contributed by atoms with Gasteiger partial charge in [0.1, 0.15) is 0 Å². The molecule has 0 spiro atoms. The van der Waals surface area contributed by atoms with Gasteiger partial charge in [-0.3, -0.25) is 0 Å². The van der Waals surface area contributed by atoms with E-state index in [-0.39, 0.29) is 6.42 Å². The second kappa shape index (κ2) is 5.44. The SMILES string of the molecule is CCOC(C)C(O)CCC(F)(F)F. The summed E-state index contributed by atoms with van der Waals surface area (Å²) in [7, 11) is 0. The molecule has 0 bridgehead atoms. The smallest absolute Gasteiger partial charge is 0.389 e. The van der Waals surface area contributed by atoms with Crippen LogP contribution in [0.15, 0.2) is 0 Å². The molecule has 0 aromatic carbocycles. The first-order valence-electron chi connectivity index (χ1n) is 4.23. The highest BCUT2D eigenvalue weighted by Crippen LogP contribution is 2.23. The number of halogens is 3. The van der Waals surface area contributed by atoms with Crippen LogP contribution >= 0.6 is 0 Å². The van der Waals surface area contributed by atoms with Crippen molar-refractivity contribution in [3.8, 4) is 0 Å². The monoisotopic (exact) mass is 200 g/mol. The summed E-state index contributed by atoms with van der Waals surface area (Å²) in [6.45, 7) is 3.68. The van der Waals surface area contributed by atoms with Gasteiger partial charge >= 0.3 is 6.18 Å². The zero-order chi connectivity index (χ0) is 10.5. The molecule has 0 aliphatic carbocycles. The second-order valence-electron chi connectivity index (χ2n) is 2.88. The maximum atomic E-state index is 11.7. The van der Waals surface area contributed by atoms with E-state index in [1.54, 1.807) is 13.8 Å². The van der Waals surface area contributed by atoms with Gasteiger partial charge in [-0.05, 0) is 20.3 Å². The molecule has 5 heteroatoms. The van der Waals surface area contributed by atoms with Crippen LogP contribution < -0.4 is 0 Å². The molecule has 1 N–H and O–H groups in total. The van der Waals surface area contributed by atoms with E-state index in [2.05, 4.69) is 0 Å². The molecule has 0 amide bonds. The van der Waals surface area contributed by atoms with Crippen molar-refractivity contribution in [1.82, 2.24) is 0 Å². The minimum atomic E-state index is -4.20. The number of ether oxygens (including phenoxy) is 1. The zero-order valence-electron chi connectivity index (χ0n) is 7.77. The highest BCUT2D eigenvalue weighted by atomic mass is 19.4. The Kier molecular flexibility index (Phi) is 5.32.